The third-order valence-corrected chi connectivity index (χ3v) is 3.67. The van der Waals surface area contributed by atoms with Crippen molar-refractivity contribution in [2.24, 2.45) is 0 Å². The smallest absolute Gasteiger partial charge is 0.304 e. The standard InChI is InChI=1S/C16H18O2/c1-3-16(18-13(2)17)11-9-15(10-12-16)14-7-5-4-6-8-14/h1,4-8,15H,9-12H2,2H3. The maximum Gasteiger partial charge on any atom is 0.304 e. The van der Waals surface area contributed by atoms with Crippen LogP contribution in [0.5, 0.6) is 0 Å². The quantitative estimate of drug-likeness (QED) is 0.587. The molecule has 0 heterocycles. The Morgan fingerprint density at radius 3 is 2.44 bits per heavy atom. The highest BCUT2D eigenvalue weighted by Gasteiger charge is 2.36. The number of rotatable bonds is 2. The Kier molecular flexibility index (Phi) is 3.72. The lowest BCUT2D eigenvalue weighted by Gasteiger charge is -2.35. The molecule has 0 aromatic heterocycles. The molecule has 1 aromatic carbocycles. The highest BCUT2D eigenvalue weighted by Crippen LogP contribution is 2.39. The van der Waals surface area contributed by atoms with Crippen molar-refractivity contribution in [3.63, 3.8) is 0 Å². The molecule has 1 aliphatic carbocycles. The average Bonchev–Trinajstić information content (AvgIpc) is 2.40. The Balaban J connectivity index is 2.03. The summed E-state index contributed by atoms with van der Waals surface area (Å²) in [7, 11) is 0. The van der Waals surface area contributed by atoms with Crippen LogP contribution in [0.3, 0.4) is 0 Å². The minimum Gasteiger partial charge on any atom is -0.446 e. The lowest BCUT2D eigenvalue weighted by Crippen LogP contribution is -2.36. The van der Waals surface area contributed by atoms with Gasteiger partial charge in [0.05, 0.1) is 0 Å². The molecule has 18 heavy (non-hydrogen) atoms. The summed E-state index contributed by atoms with van der Waals surface area (Å²) in [5.41, 5.74) is 0.683. The SMILES string of the molecule is C#CC1(OC(C)=O)CCC(c2ccccc2)CC1. The highest BCUT2D eigenvalue weighted by atomic mass is 16.6. The first-order valence-corrected chi connectivity index (χ1v) is 6.37. The number of carbonyl (C=O) groups is 1. The van der Waals surface area contributed by atoms with Crippen LogP contribution in [0, 0.1) is 12.3 Å². The minimum absolute atomic E-state index is 0.286. The van der Waals surface area contributed by atoms with Gasteiger partial charge in [-0.05, 0) is 37.2 Å². The van der Waals surface area contributed by atoms with Crippen molar-refractivity contribution in [1.82, 2.24) is 0 Å². The van der Waals surface area contributed by atoms with Crippen molar-refractivity contribution in [2.75, 3.05) is 0 Å². The molecule has 0 radical (unpaired) electrons. The van der Waals surface area contributed by atoms with Crippen LogP contribution < -0.4 is 0 Å². The molecule has 0 unspecified atom stereocenters. The van der Waals surface area contributed by atoms with E-state index in [-0.39, 0.29) is 5.97 Å². The summed E-state index contributed by atoms with van der Waals surface area (Å²) in [6, 6.07) is 10.4. The Hall–Kier alpha value is -1.75. The predicted octanol–water partition coefficient (Wildman–Crippen LogP) is 3.28. The molecule has 1 aliphatic rings. The lowest BCUT2D eigenvalue weighted by atomic mass is 9.76. The molecular weight excluding hydrogens is 224 g/mol. The molecule has 94 valence electrons. The lowest BCUT2D eigenvalue weighted by molar-refractivity contribution is -0.154. The topological polar surface area (TPSA) is 26.3 Å². The molecule has 2 nitrogen and oxygen atoms in total. The van der Waals surface area contributed by atoms with Crippen LogP contribution in [0.1, 0.15) is 44.1 Å². The molecular formula is C16H18O2. The van der Waals surface area contributed by atoms with Gasteiger partial charge < -0.3 is 4.74 Å². The second-order valence-electron chi connectivity index (χ2n) is 4.92. The van der Waals surface area contributed by atoms with Gasteiger partial charge in [-0.25, -0.2) is 0 Å². The summed E-state index contributed by atoms with van der Waals surface area (Å²) in [5.74, 6) is 2.92. The normalized spacial score (nSPS) is 27.2. The first-order valence-electron chi connectivity index (χ1n) is 6.37. The van der Waals surface area contributed by atoms with Crippen molar-refractivity contribution in [3.05, 3.63) is 35.9 Å². The zero-order valence-corrected chi connectivity index (χ0v) is 10.7. The van der Waals surface area contributed by atoms with Gasteiger partial charge in [-0.1, -0.05) is 36.3 Å². The number of terminal acetylenes is 1. The summed E-state index contributed by atoms with van der Waals surface area (Å²) in [5, 5.41) is 0. The number of hydrogen-bond acceptors (Lipinski definition) is 2. The van der Waals surface area contributed by atoms with Crippen LogP contribution in [0.15, 0.2) is 30.3 Å². The van der Waals surface area contributed by atoms with Gasteiger partial charge >= 0.3 is 5.97 Å². The van der Waals surface area contributed by atoms with Crippen molar-refractivity contribution in [2.45, 2.75) is 44.1 Å². The highest BCUT2D eigenvalue weighted by molar-refractivity contribution is 5.67. The van der Waals surface area contributed by atoms with Crippen LogP contribution in [0.4, 0.5) is 0 Å². The summed E-state index contributed by atoms with van der Waals surface area (Å²) in [4.78, 5) is 11.1. The van der Waals surface area contributed by atoms with E-state index in [1.54, 1.807) is 0 Å². The summed E-state index contributed by atoms with van der Waals surface area (Å²) < 4.78 is 5.34. The Bertz CT molecular complexity index is 448. The van der Waals surface area contributed by atoms with E-state index in [2.05, 4.69) is 30.2 Å². The third kappa shape index (κ3) is 2.73. The van der Waals surface area contributed by atoms with Crippen molar-refractivity contribution in [1.29, 1.82) is 0 Å². The second-order valence-corrected chi connectivity index (χ2v) is 4.92. The molecule has 1 aromatic rings. The zero-order chi connectivity index (χ0) is 13.0. The van der Waals surface area contributed by atoms with Gasteiger partial charge in [0.1, 0.15) is 0 Å². The van der Waals surface area contributed by atoms with Gasteiger partial charge in [-0.2, -0.15) is 0 Å². The van der Waals surface area contributed by atoms with Crippen LogP contribution in [-0.2, 0) is 9.53 Å². The number of hydrogen-bond donors (Lipinski definition) is 0. The Labute approximate surface area is 108 Å². The fourth-order valence-corrected chi connectivity index (χ4v) is 2.69. The Morgan fingerprint density at radius 2 is 1.94 bits per heavy atom. The van der Waals surface area contributed by atoms with Crippen LogP contribution in [0.2, 0.25) is 0 Å². The van der Waals surface area contributed by atoms with E-state index in [4.69, 9.17) is 11.2 Å². The fraction of sp³-hybridized carbons (Fsp3) is 0.438. The van der Waals surface area contributed by atoms with Gasteiger partial charge in [-0.15, -0.1) is 6.42 Å². The van der Waals surface area contributed by atoms with E-state index in [0.717, 1.165) is 25.7 Å². The minimum atomic E-state index is -0.670. The maximum atomic E-state index is 11.1. The second kappa shape index (κ2) is 5.27. The molecule has 0 N–H and O–H groups in total. The molecule has 0 aliphatic heterocycles. The molecule has 2 rings (SSSR count). The predicted molar refractivity (Wildman–Crippen MR) is 71.0 cm³/mol. The first-order chi connectivity index (χ1) is 8.65. The molecule has 0 spiro atoms. The number of benzene rings is 1. The molecule has 2 heteroatoms. The fourth-order valence-electron chi connectivity index (χ4n) is 2.69. The average molecular weight is 242 g/mol. The van der Waals surface area contributed by atoms with E-state index < -0.39 is 5.60 Å². The first kappa shape index (κ1) is 12.7. The van der Waals surface area contributed by atoms with Gasteiger partial charge in [0.2, 0.25) is 0 Å². The number of ether oxygens (including phenoxy) is 1. The van der Waals surface area contributed by atoms with Gasteiger partial charge in [0.15, 0.2) is 5.60 Å². The molecule has 0 saturated heterocycles. The van der Waals surface area contributed by atoms with Gasteiger partial charge in [0, 0.05) is 6.92 Å². The monoisotopic (exact) mass is 242 g/mol. The van der Waals surface area contributed by atoms with E-state index in [1.807, 2.05) is 6.07 Å². The molecule has 1 saturated carbocycles. The molecule has 0 amide bonds. The van der Waals surface area contributed by atoms with E-state index in [9.17, 15) is 4.79 Å². The third-order valence-electron chi connectivity index (χ3n) is 3.67. The number of carbonyl (C=O) groups excluding carboxylic acids is 1. The van der Waals surface area contributed by atoms with Crippen LogP contribution in [-0.4, -0.2) is 11.6 Å². The van der Waals surface area contributed by atoms with E-state index >= 15 is 0 Å². The molecule has 0 bridgehead atoms. The van der Waals surface area contributed by atoms with Crippen molar-refractivity contribution >= 4 is 5.97 Å². The zero-order valence-electron chi connectivity index (χ0n) is 10.7. The van der Waals surface area contributed by atoms with Crippen molar-refractivity contribution in [3.8, 4) is 12.3 Å². The summed E-state index contributed by atoms with van der Waals surface area (Å²) in [6.07, 6.45) is 9.00. The van der Waals surface area contributed by atoms with Gasteiger partial charge in [0.25, 0.3) is 0 Å². The molecule has 0 atom stereocenters. The Morgan fingerprint density at radius 1 is 1.33 bits per heavy atom. The number of esters is 1. The van der Waals surface area contributed by atoms with E-state index in [0.29, 0.717) is 5.92 Å². The van der Waals surface area contributed by atoms with Crippen LogP contribution in [0.25, 0.3) is 0 Å². The summed E-state index contributed by atoms with van der Waals surface area (Å²) >= 11 is 0. The maximum absolute atomic E-state index is 11.1. The van der Waals surface area contributed by atoms with E-state index in [1.165, 1.54) is 12.5 Å². The van der Waals surface area contributed by atoms with Crippen LogP contribution >= 0.6 is 0 Å². The molecule has 1 fully saturated rings. The van der Waals surface area contributed by atoms with Gasteiger partial charge in [-0.3, -0.25) is 4.79 Å². The summed E-state index contributed by atoms with van der Waals surface area (Å²) in [6.45, 7) is 1.42. The largest absolute Gasteiger partial charge is 0.446 e. The van der Waals surface area contributed by atoms with Crippen molar-refractivity contribution < 1.29 is 9.53 Å².